The monoisotopic (exact) mass is 332 g/mol. The number of carbonyl (C=O) groups is 1. The number of rotatable bonds is 4. The molecule has 2 aliphatic rings. The van der Waals surface area contributed by atoms with Gasteiger partial charge in [-0.05, 0) is 41.1 Å². The van der Waals surface area contributed by atoms with Gasteiger partial charge in [-0.15, -0.1) is 0 Å². The van der Waals surface area contributed by atoms with E-state index in [2.05, 4.69) is 5.10 Å². The Kier molecular flexibility index (Phi) is 3.80. The Morgan fingerprint density at radius 2 is 2.17 bits per heavy atom. The van der Waals surface area contributed by atoms with Crippen LogP contribution in [0.15, 0.2) is 21.6 Å². The predicted octanol–water partition coefficient (Wildman–Crippen LogP) is 1.14. The molecule has 0 saturated heterocycles. The number of thiophene rings is 1. The van der Waals surface area contributed by atoms with Gasteiger partial charge in [-0.2, -0.15) is 16.4 Å². The topological polar surface area (TPSA) is 60.1 Å². The fraction of sp³-hybridized carbons (Fsp3) is 0.562. The van der Waals surface area contributed by atoms with Crippen LogP contribution in [0.25, 0.3) is 0 Å². The zero-order chi connectivity index (χ0) is 15.8. The second-order valence-electron chi connectivity index (χ2n) is 6.42. The second-order valence-corrected chi connectivity index (χ2v) is 7.20. The van der Waals surface area contributed by atoms with Crippen molar-refractivity contribution in [3.8, 4) is 0 Å². The predicted molar refractivity (Wildman–Crippen MR) is 87.5 cm³/mol. The van der Waals surface area contributed by atoms with Crippen molar-refractivity contribution in [2.24, 2.45) is 5.92 Å². The molecule has 6 nitrogen and oxygen atoms in total. The zero-order valence-corrected chi connectivity index (χ0v) is 13.8. The Hall–Kier alpha value is -1.89. The van der Waals surface area contributed by atoms with Gasteiger partial charge in [-0.25, -0.2) is 9.48 Å². The summed E-state index contributed by atoms with van der Waals surface area (Å²) in [4.78, 5) is 26.7. The standard InChI is InChI=1S/C16H20N4O2S/c21-15(9-13-4-8-23-11-13)18-5-3-14-17-20(10-12-1-2-12)16(22)19(14)7-6-18/h4,8,11-12H,1-3,5-7,9-10H2. The Morgan fingerprint density at radius 3 is 2.91 bits per heavy atom. The minimum atomic E-state index is -0.0148. The third-order valence-corrected chi connectivity index (χ3v) is 5.35. The molecule has 1 amide bonds. The largest absolute Gasteiger partial charge is 0.345 e. The second kappa shape index (κ2) is 5.96. The summed E-state index contributed by atoms with van der Waals surface area (Å²) in [6.07, 6.45) is 3.51. The van der Waals surface area contributed by atoms with Crippen molar-refractivity contribution in [3.63, 3.8) is 0 Å². The molecule has 0 atom stereocenters. The summed E-state index contributed by atoms with van der Waals surface area (Å²) in [5.74, 6) is 1.59. The average Bonchev–Trinajstić information content (AvgIpc) is 3.19. The summed E-state index contributed by atoms with van der Waals surface area (Å²) >= 11 is 1.61. The van der Waals surface area contributed by atoms with Gasteiger partial charge >= 0.3 is 5.69 Å². The van der Waals surface area contributed by atoms with Crippen LogP contribution in [0.3, 0.4) is 0 Å². The van der Waals surface area contributed by atoms with E-state index in [1.165, 1.54) is 12.8 Å². The highest BCUT2D eigenvalue weighted by Crippen LogP contribution is 2.29. The number of fused-ring (bicyclic) bond motifs is 1. The molecule has 2 aromatic heterocycles. The Morgan fingerprint density at radius 1 is 1.30 bits per heavy atom. The molecule has 0 unspecified atom stereocenters. The van der Waals surface area contributed by atoms with E-state index in [4.69, 9.17) is 0 Å². The minimum absolute atomic E-state index is 0.0148. The maximum atomic E-state index is 12.4. The lowest BCUT2D eigenvalue weighted by Crippen LogP contribution is -2.36. The highest BCUT2D eigenvalue weighted by molar-refractivity contribution is 7.07. The Balaban J connectivity index is 1.44. The maximum Gasteiger partial charge on any atom is 0.345 e. The number of aromatic nitrogens is 3. The van der Waals surface area contributed by atoms with Crippen LogP contribution in [0.5, 0.6) is 0 Å². The van der Waals surface area contributed by atoms with Crippen LogP contribution in [0.4, 0.5) is 0 Å². The van der Waals surface area contributed by atoms with E-state index >= 15 is 0 Å². The van der Waals surface area contributed by atoms with E-state index in [-0.39, 0.29) is 11.6 Å². The smallest absolute Gasteiger partial charge is 0.340 e. The molecule has 0 radical (unpaired) electrons. The number of amides is 1. The first-order valence-corrected chi connectivity index (χ1v) is 9.10. The molecule has 23 heavy (non-hydrogen) atoms. The van der Waals surface area contributed by atoms with Gasteiger partial charge in [0.05, 0.1) is 6.42 Å². The van der Waals surface area contributed by atoms with Gasteiger partial charge < -0.3 is 4.90 Å². The van der Waals surface area contributed by atoms with Gasteiger partial charge in [0, 0.05) is 32.6 Å². The van der Waals surface area contributed by atoms with Crippen LogP contribution in [-0.2, 0) is 30.7 Å². The summed E-state index contributed by atoms with van der Waals surface area (Å²) in [6, 6.07) is 1.99. The van der Waals surface area contributed by atoms with Gasteiger partial charge in [-0.3, -0.25) is 9.36 Å². The van der Waals surface area contributed by atoms with E-state index < -0.39 is 0 Å². The molecular weight excluding hydrogens is 312 g/mol. The average molecular weight is 332 g/mol. The molecule has 0 N–H and O–H groups in total. The van der Waals surface area contributed by atoms with Gasteiger partial charge in [0.15, 0.2) is 0 Å². The van der Waals surface area contributed by atoms with Crippen LogP contribution < -0.4 is 5.69 Å². The van der Waals surface area contributed by atoms with Crippen molar-refractivity contribution >= 4 is 17.2 Å². The summed E-state index contributed by atoms with van der Waals surface area (Å²) < 4.78 is 3.37. The Labute approximate surface area is 138 Å². The highest BCUT2D eigenvalue weighted by Gasteiger charge is 2.26. The maximum absolute atomic E-state index is 12.4. The number of nitrogens with zero attached hydrogens (tertiary/aromatic N) is 4. The first kappa shape index (κ1) is 14.7. The number of carbonyl (C=O) groups excluding carboxylic acids is 1. The molecule has 0 aromatic carbocycles. The van der Waals surface area contributed by atoms with E-state index in [0.29, 0.717) is 38.4 Å². The summed E-state index contributed by atoms with van der Waals surface area (Å²) in [7, 11) is 0. The highest BCUT2D eigenvalue weighted by atomic mass is 32.1. The molecule has 1 aliphatic carbocycles. The van der Waals surface area contributed by atoms with E-state index in [9.17, 15) is 9.59 Å². The third kappa shape index (κ3) is 3.10. The quantitative estimate of drug-likeness (QED) is 0.844. The van der Waals surface area contributed by atoms with Crippen molar-refractivity contribution in [2.45, 2.75) is 38.8 Å². The molecule has 1 saturated carbocycles. The van der Waals surface area contributed by atoms with Crippen molar-refractivity contribution in [2.75, 3.05) is 13.1 Å². The lowest BCUT2D eigenvalue weighted by Gasteiger charge is -2.19. The normalized spacial score (nSPS) is 17.8. The summed E-state index contributed by atoms with van der Waals surface area (Å²) in [6.45, 7) is 2.53. The van der Waals surface area contributed by atoms with E-state index in [1.54, 1.807) is 20.6 Å². The van der Waals surface area contributed by atoms with Crippen LogP contribution in [0.1, 0.15) is 24.2 Å². The van der Waals surface area contributed by atoms with Crippen LogP contribution in [0.2, 0.25) is 0 Å². The molecule has 1 aliphatic heterocycles. The molecular formula is C16H20N4O2S. The van der Waals surface area contributed by atoms with Gasteiger partial charge in [0.25, 0.3) is 0 Å². The lowest BCUT2D eigenvalue weighted by atomic mass is 10.2. The number of hydrogen-bond acceptors (Lipinski definition) is 4. The van der Waals surface area contributed by atoms with Gasteiger partial charge in [0.1, 0.15) is 5.82 Å². The van der Waals surface area contributed by atoms with Crippen LogP contribution in [0, 0.1) is 5.92 Å². The van der Waals surface area contributed by atoms with E-state index in [1.807, 2.05) is 21.7 Å². The molecule has 4 rings (SSSR count). The minimum Gasteiger partial charge on any atom is -0.340 e. The molecule has 122 valence electrons. The fourth-order valence-corrected chi connectivity index (χ4v) is 3.72. The van der Waals surface area contributed by atoms with Crippen LogP contribution in [-0.4, -0.2) is 38.2 Å². The molecule has 1 fully saturated rings. The van der Waals surface area contributed by atoms with Crippen molar-refractivity contribution in [3.05, 3.63) is 38.7 Å². The summed E-state index contributed by atoms with van der Waals surface area (Å²) in [5, 5.41) is 8.49. The van der Waals surface area contributed by atoms with Crippen molar-refractivity contribution in [1.82, 2.24) is 19.2 Å². The van der Waals surface area contributed by atoms with Crippen molar-refractivity contribution < 1.29 is 4.79 Å². The SMILES string of the molecule is O=C(Cc1ccsc1)N1CCc2nn(CC3CC3)c(=O)n2CC1. The lowest BCUT2D eigenvalue weighted by molar-refractivity contribution is -0.130. The zero-order valence-electron chi connectivity index (χ0n) is 13.0. The van der Waals surface area contributed by atoms with Gasteiger partial charge in [0.2, 0.25) is 5.91 Å². The molecule has 0 spiro atoms. The fourth-order valence-electron chi connectivity index (χ4n) is 3.06. The molecule has 0 bridgehead atoms. The Bertz CT molecular complexity index is 758. The van der Waals surface area contributed by atoms with Gasteiger partial charge in [-0.1, -0.05) is 0 Å². The first-order chi connectivity index (χ1) is 11.2. The molecule has 2 aromatic rings. The molecule has 3 heterocycles. The van der Waals surface area contributed by atoms with E-state index in [0.717, 1.165) is 17.9 Å². The first-order valence-electron chi connectivity index (χ1n) is 8.16. The third-order valence-electron chi connectivity index (χ3n) is 4.61. The van der Waals surface area contributed by atoms with Crippen molar-refractivity contribution in [1.29, 1.82) is 0 Å². The summed E-state index contributed by atoms with van der Waals surface area (Å²) in [5.41, 5.74) is 1.05. The van der Waals surface area contributed by atoms with Crippen LogP contribution >= 0.6 is 11.3 Å². The number of hydrogen-bond donors (Lipinski definition) is 0. The molecule has 7 heteroatoms.